The molecular weight excluding hydrogens is 674 g/mol. The summed E-state index contributed by atoms with van der Waals surface area (Å²) in [4.78, 5) is 42.4. The van der Waals surface area contributed by atoms with Crippen LogP contribution in [0, 0.1) is 34.5 Å². The van der Waals surface area contributed by atoms with E-state index in [1.807, 2.05) is 6.92 Å². The van der Waals surface area contributed by atoms with E-state index < -0.39 is 106 Å². The van der Waals surface area contributed by atoms with Crippen molar-refractivity contribution in [3.63, 3.8) is 0 Å². The number of carbonyl (C=O) groups is 3. The maximum atomic E-state index is 13.9. The van der Waals surface area contributed by atoms with Crippen molar-refractivity contribution in [2.45, 2.75) is 80.6 Å². The van der Waals surface area contributed by atoms with Crippen LogP contribution in [0.15, 0.2) is 30.3 Å². The summed E-state index contributed by atoms with van der Waals surface area (Å²) in [6.07, 6.45) is -5.73. The van der Waals surface area contributed by atoms with E-state index in [1.54, 1.807) is 51.7 Å². The first-order chi connectivity index (χ1) is 23.9. The van der Waals surface area contributed by atoms with Crippen LogP contribution in [0.25, 0.3) is 0 Å². The Bertz CT molecular complexity index is 1500. The number of hydrogen-bond donors (Lipinski definition) is 2. The number of benzene rings is 1. The molecule has 50 heavy (non-hydrogen) atoms. The minimum absolute atomic E-state index is 0.0335. The van der Waals surface area contributed by atoms with E-state index in [2.05, 4.69) is 4.90 Å². The molecule has 6 aliphatic rings. The fourth-order valence-corrected chi connectivity index (χ4v) is 12.7. The lowest BCUT2D eigenvalue weighted by Crippen LogP contribution is -2.81. The predicted octanol–water partition coefficient (Wildman–Crippen LogP) is 1.44. The van der Waals surface area contributed by atoms with Crippen molar-refractivity contribution >= 4 is 29.5 Å². The van der Waals surface area contributed by atoms with E-state index in [-0.39, 0.29) is 24.5 Å². The molecule has 7 rings (SSSR count). The molecule has 0 radical (unpaired) electrons. The van der Waals surface area contributed by atoms with Crippen LogP contribution in [0.1, 0.15) is 37.0 Å². The first kappa shape index (κ1) is 36.0. The number of aliphatic hydroxyl groups excluding tert-OH is 1. The standard InChI is InChI=1S/C36H48ClNO12/c1-7-38-16-33(17-44-3)21(48-23(40)15-37)13-22(45-4)35-20-14-34(43)30(49-32(42)19-11-9-8-10-12-19)24(20)36(50-18(2)39,29(41)31(34)47-6)25(28(35)38)26(46-5)27(33)35/h8-12,20-22,24-31,41,43H,7,13-17H2,1-6H3/t20-,21+,22-,24+,25-,26-,27+,28+,29-,30+,31-,33-,34+,35-,36+/m0/s1. The summed E-state index contributed by atoms with van der Waals surface area (Å²) in [7, 11) is 6.19. The Morgan fingerprint density at radius 2 is 1.70 bits per heavy atom. The zero-order chi connectivity index (χ0) is 36.0. The Balaban J connectivity index is 1.52. The number of carbonyl (C=O) groups excluding carboxylic acids is 3. The number of ether oxygens (including phenoxy) is 7. The third-order valence-corrected chi connectivity index (χ3v) is 13.7. The molecule has 1 spiro atoms. The van der Waals surface area contributed by atoms with E-state index >= 15 is 0 Å². The van der Waals surface area contributed by atoms with Crippen molar-refractivity contribution < 1.29 is 57.8 Å². The summed E-state index contributed by atoms with van der Waals surface area (Å²) in [6.45, 7) is 4.48. The van der Waals surface area contributed by atoms with Crippen LogP contribution in [0.2, 0.25) is 0 Å². The number of aliphatic hydroxyl groups is 2. The van der Waals surface area contributed by atoms with Crippen LogP contribution in [-0.2, 0) is 42.7 Å². The van der Waals surface area contributed by atoms with Crippen LogP contribution < -0.4 is 0 Å². The number of likely N-dealkylation sites (tertiary alicyclic amines) is 1. The summed E-state index contributed by atoms with van der Waals surface area (Å²) in [5.74, 6) is -4.87. The Morgan fingerprint density at radius 3 is 2.28 bits per heavy atom. The summed E-state index contributed by atoms with van der Waals surface area (Å²) in [6, 6.07) is 8.06. The predicted molar refractivity (Wildman–Crippen MR) is 175 cm³/mol. The molecule has 6 fully saturated rings. The van der Waals surface area contributed by atoms with E-state index in [4.69, 9.17) is 44.8 Å². The highest BCUT2D eigenvalue weighted by Gasteiger charge is 2.92. The monoisotopic (exact) mass is 721 g/mol. The number of piperidine rings is 1. The van der Waals surface area contributed by atoms with Gasteiger partial charge in [-0.2, -0.15) is 0 Å². The summed E-state index contributed by atoms with van der Waals surface area (Å²) >= 11 is 5.99. The zero-order valence-electron chi connectivity index (χ0n) is 29.3. The fourth-order valence-electron chi connectivity index (χ4n) is 12.6. The molecule has 276 valence electrons. The van der Waals surface area contributed by atoms with Gasteiger partial charge in [-0.15, -0.1) is 11.6 Å². The molecule has 1 aliphatic heterocycles. The van der Waals surface area contributed by atoms with E-state index in [1.165, 1.54) is 14.0 Å². The third kappa shape index (κ3) is 4.35. The number of hydrogen-bond acceptors (Lipinski definition) is 13. The second kappa shape index (κ2) is 12.6. The van der Waals surface area contributed by atoms with Crippen LogP contribution in [0.5, 0.6) is 0 Å². The molecule has 1 saturated heterocycles. The van der Waals surface area contributed by atoms with Crippen LogP contribution >= 0.6 is 11.6 Å². The van der Waals surface area contributed by atoms with Gasteiger partial charge in [0.1, 0.15) is 35.9 Å². The molecule has 5 aliphatic carbocycles. The number of methoxy groups -OCH3 is 4. The van der Waals surface area contributed by atoms with Gasteiger partial charge >= 0.3 is 17.9 Å². The van der Waals surface area contributed by atoms with Gasteiger partial charge in [0.05, 0.1) is 24.4 Å². The molecule has 1 heterocycles. The van der Waals surface area contributed by atoms with Gasteiger partial charge in [0.15, 0.2) is 5.60 Å². The molecule has 14 heteroatoms. The molecule has 0 amide bonds. The number of nitrogens with zero attached hydrogens (tertiary/aromatic N) is 1. The number of halogens is 1. The number of fused-ring (bicyclic) bond motifs is 2. The van der Waals surface area contributed by atoms with E-state index in [9.17, 15) is 24.6 Å². The second-order valence-corrected chi connectivity index (χ2v) is 15.3. The normalized spacial score (nSPS) is 46.7. The van der Waals surface area contributed by atoms with Gasteiger partial charge in [0, 0.05) is 83.0 Å². The molecule has 13 nitrogen and oxygen atoms in total. The Hall–Kier alpha value is -2.36. The van der Waals surface area contributed by atoms with Gasteiger partial charge in [-0.3, -0.25) is 14.5 Å². The highest BCUT2D eigenvalue weighted by Crippen LogP contribution is 2.80. The summed E-state index contributed by atoms with van der Waals surface area (Å²) < 4.78 is 44.0. The van der Waals surface area contributed by atoms with E-state index in [0.29, 0.717) is 19.5 Å². The molecular formula is C36H48ClNO12. The largest absolute Gasteiger partial charge is 0.461 e. The Labute approximate surface area is 296 Å². The SMILES string of the molecule is CCN1C[C@@]2(COC)[C@H]3[C@@H](OC)[C@H]4[C@@H]1[C@]3([C@@H](OC)C[C@H]2OC(=O)CCl)[C@H]1C[C@@]2(O)[C@H](OC(=O)c3ccccc3)[C@@H]1[C@]4(OC(C)=O)[C@@H](O)[C@@H]2OC. The average molecular weight is 722 g/mol. The smallest absolute Gasteiger partial charge is 0.338 e. The highest BCUT2D eigenvalue weighted by atomic mass is 35.5. The number of alkyl halides is 1. The van der Waals surface area contributed by atoms with Crippen molar-refractivity contribution in [1.82, 2.24) is 4.90 Å². The van der Waals surface area contributed by atoms with Crippen molar-refractivity contribution in [3.05, 3.63) is 35.9 Å². The molecule has 1 aromatic rings. The van der Waals surface area contributed by atoms with Crippen molar-refractivity contribution in [1.29, 1.82) is 0 Å². The van der Waals surface area contributed by atoms with Crippen molar-refractivity contribution in [2.24, 2.45) is 34.5 Å². The van der Waals surface area contributed by atoms with E-state index in [0.717, 1.165) is 0 Å². The second-order valence-electron chi connectivity index (χ2n) is 15.0. The Kier molecular flexibility index (Phi) is 9.11. The van der Waals surface area contributed by atoms with Crippen LogP contribution in [-0.4, -0.2) is 141 Å². The fraction of sp³-hybridized carbons (Fsp3) is 0.750. The maximum Gasteiger partial charge on any atom is 0.338 e. The topological polar surface area (TPSA) is 160 Å². The van der Waals surface area contributed by atoms with Crippen molar-refractivity contribution in [2.75, 3.05) is 54.0 Å². The highest BCUT2D eigenvalue weighted by molar-refractivity contribution is 6.26. The quantitative estimate of drug-likeness (QED) is 0.192. The number of esters is 3. The van der Waals surface area contributed by atoms with Crippen LogP contribution in [0.3, 0.4) is 0 Å². The van der Waals surface area contributed by atoms with Crippen molar-refractivity contribution in [3.8, 4) is 0 Å². The lowest BCUT2D eigenvalue weighted by molar-refractivity contribution is -0.322. The first-order valence-electron chi connectivity index (χ1n) is 17.4. The zero-order valence-corrected chi connectivity index (χ0v) is 30.0. The van der Waals surface area contributed by atoms with Gasteiger partial charge in [-0.1, -0.05) is 25.1 Å². The maximum absolute atomic E-state index is 13.9. The minimum Gasteiger partial charge on any atom is -0.461 e. The molecule has 0 unspecified atom stereocenters. The summed E-state index contributed by atoms with van der Waals surface area (Å²) in [5, 5.41) is 25.5. The average Bonchev–Trinajstić information content (AvgIpc) is 3.48. The van der Waals surface area contributed by atoms with Gasteiger partial charge in [0.25, 0.3) is 0 Å². The van der Waals surface area contributed by atoms with Gasteiger partial charge in [0.2, 0.25) is 0 Å². The van der Waals surface area contributed by atoms with Gasteiger partial charge < -0.3 is 43.4 Å². The molecule has 5 saturated carbocycles. The summed E-state index contributed by atoms with van der Waals surface area (Å²) in [5.41, 5.74) is -5.06. The third-order valence-electron chi connectivity index (χ3n) is 13.5. The number of rotatable bonds is 11. The molecule has 2 N–H and O–H groups in total. The lowest BCUT2D eigenvalue weighted by atomic mass is 9.42. The molecule has 15 atom stereocenters. The Morgan fingerprint density at radius 1 is 0.980 bits per heavy atom. The lowest BCUT2D eigenvalue weighted by Gasteiger charge is -2.70. The molecule has 1 aromatic carbocycles. The minimum atomic E-state index is -1.88. The molecule has 0 aromatic heterocycles. The van der Waals surface area contributed by atoms with Crippen LogP contribution in [0.4, 0.5) is 0 Å². The first-order valence-corrected chi connectivity index (χ1v) is 17.9. The molecule has 7 bridgehead atoms. The van der Waals surface area contributed by atoms with Gasteiger partial charge in [-0.05, 0) is 31.0 Å². The van der Waals surface area contributed by atoms with Gasteiger partial charge in [-0.25, -0.2) is 4.79 Å².